The number of aromatic nitrogens is 3. The van der Waals surface area contributed by atoms with Crippen LogP contribution < -0.4 is 14.8 Å². The van der Waals surface area contributed by atoms with Gasteiger partial charge in [0.25, 0.3) is 15.9 Å². The molecule has 6 rings (SSSR count). The van der Waals surface area contributed by atoms with Gasteiger partial charge in [0.15, 0.2) is 0 Å². The highest BCUT2D eigenvalue weighted by molar-refractivity contribution is 7.92. The predicted octanol–water partition coefficient (Wildman–Crippen LogP) is 4.53. The first-order valence-electron chi connectivity index (χ1n) is 10.7. The van der Waals surface area contributed by atoms with Gasteiger partial charge in [0.2, 0.25) is 5.88 Å². The van der Waals surface area contributed by atoms with Gasteiger partial charge in [-0.25, -0.2) is 23.4 Å². The van der Waals surface area contributed by atoms with E-state index < -0.39 is 10.0 Å². The normalized spacial score (nSPS) is 14.5. The van der Waals surface area contributed by atoms with E-state index in [-0.39, 0.29) is 27.9 Å². The van der Waals surface area contributed by atoms with Crippen molar-refractivity contribution < 1.29 is 17.9 Å². The Kier molecular flexibility index (Phi) is 5.43. The van der Waals surface area contributed by atoms with Gasteiger partial charge in [-0.15, -0.1) is 22.7 Å². The minimum absolute atomic E-state index is 0.0519. The number of nitrogens with one attached hydrogen (secondary N) is 2. The predicted molar refractivity (Wildman–Crippen MR) is 139 cm³/mol. The average Bonchev–Trinajstić information content (AvgIpc) is 3.54. The van der Waals surface area contributed by atoms with E-state index >= 15 is 0 Å². The van der Waals surface area contributed by atoms with Crippen molar-refractivity contribution in [2.24, 2.45) is 0 Å². The summed E-state index contributed by atoms with van der Waals surface area (Å²) >= 11 is 3.01. The molecule has 180 valence electrons. The molecular weight excluding hydrogens is 518 g/mol. The smallest absolute Gasteiger partial charge is 0.262 e. The fourth-order valence-electron chi connectivity index (χ4n) is 3.90. The lowest BCUT2D eigenvalue weighted by Crippen LogP contribution is -2.23. The molecular formula is C24H17N5O4S3. The minimum Gasteiger partial charge on any atom is -0.480 e. The van der Waals surface area contributed by atoms with Crippen molar-refractivity contribution in [3.63, 3.8) is 0 Å². The van der Waals surface area contributed by atoms with Gasteiger partial charge in [-0.05, 0) is 36.4 Å². The molecule has 1 aliphatic heterocycles. The molecule has 0 fully saturated rings. The van der Waals surface area contributed by atoms with Crippen molar-refractivity contribution in [1.29, 1.82) is 0 Å². The van der Waals surface area contributed by atoms with Crippen LogP contribution in [0.4, 0.5) is 5.69 Å². The van der Waals surface area contributed by atoms with Crippen molar-refractivity contribution in [2.75, 3.05) is 11.8 Å². The number of rotatable bonds is 1. The molecule has 0 atom stereocenters. The summed E-state index contributed by atoms with van der Waals surface area (Å²) in [5.41, 5.74) is 3.61. The summed E-state index contributed by atoms with van der Waals surface area (Å²) in [6.45, 7) is 0.302. The van der Waals surface area contributed by atoms with Gasteiger partial charge in [-0.1, -0.05) is 6.07 Å². The Morgan fingerprint density at radius 3 is 2.78 bits per heavy atom. The number of carbonyl (C=O) groups is 1. The lowest BCUT2D eigenvalue weighted by Gasteiger charge is -2.13. The van der Waals surface area contributed by atoms with Crippen molar-refractivity contribution in [1.82, 2.24) is 20.3 Å². The SMILES string of the molecule is COc1ncc2cc1NS(=O)(=O)c1cccc(c1)C(=O)NCc1cc(cs1)-c1ncnc3cc-2sc13. The molecule has 0 saturated carbocycles. The molecule has 1 aromatic carbocycles. The first-order valence-corrected chi connectivity index (χ1v) is 13.9. The maximum Gasteiger partial charge on any atom is 0.262 e. The summed E-state index contributed by atoms with van der Waals surface area (Å²) in [7, 11) is -2.63. The van der Waals surface area contributed by atoms with Crippen molar-refractivity contribution in [2.45, 2.75) is 11.4 Å². The van der Waals surface area contributed by atoms with Crippen LogP contribution in [0, 0.1) is 0 Å². The first kappa shape index (κ1) is 22.6. The van der Waals surface area contributed by atoms with Crippen LogP contribution in [0.15, 0.2) is 65.3 Å². The molecule has 0 unspecified atom stereocenters. The van der Waals surface area contributed by atoms with Crippen LogP contribution in [-0.4, -0.2) is 36.4 Å². The molecule has 9 nitrogen and oxygen atoms in total. The Morgan fingerprint density at radius 1 is 1.03 bits per heavy atom. The number of carbonyl (C=O) groups excluding carboxylic acids is 1. The number of ether oxygens (including phenoxy) is 1. The standard InChI is InChI=1S/C24H17N5O4S3/c1-33-24-19-7-14(9-26-24)20-8-18-22(35-20)21(28-12-27-18)15-5-16(34-11-15)10-25-23(30)13-3-2-4-17(6-13)36(31,32)29-19/h2-9,11-12,29H,10H2,1H3,(H,25,30). The van der Waals surface area contributed by atoms with Crippen LogP contribution in [-0.2, 0) is 16.6 Å². The number of amides is 1. The van der Waals surface area contributed by atoms with Gasteiger partial charge in [0.1, 0.15) is 12.0 Å². The average molecular weight is 536 g/mol. The number of hydrogen-bond acceptors (Lipinski definition) is 9. The molecule has 5 aromatic rings. The van der Waals surface area contributed by atoms with E-state index in [4.69, 9.17) is 4.74 Å². The maximum atomic E-state index is 13.2. The Hall–Kier alpha value is -3.87. The molecule has 2 N–H and O–H groups in total. The van der Waals surface area contributed by atoms with E-state index in [9.17, 15) is 13.2 Å². The molecule has 0 saturated heterocycles. The molecule has 1 aliphatic rings. The summed E-state index contributed by atoms with van der Waals surface area (Å²) < 4.78 is 35.3. The first-order chi connectivity index (χ1) is 17.4. The third kappa shape index (κ3) is 3.98. The zero-order valence-electron chi connectivity index (χ0n) is 18.7. The Balaban J connectivity index is 1.56. The van der Waals surface area contributed by atoms with E-state index in [1.165, 1.54) is 54.3 Å². The number of pyridine rings is 1. The number of fused-ring (bicyclic) bond motifs is 9. The highest BCUT2D eigenvalue weighted by Crippen LogP contribution is 2.40. The largest absolute Gasteiger partial charge is 0.480 e. The van der Waals surface area contributed by atoms with Crippen LogP contribution in [0.3, 0.4) is 0 Å². The van der Waals surface area contributed by atoms with E-state index in [1.54, 1.807) is 18.3 Å². The van der Waals surface area contributed by atoms with Crippen molar-refractivity contribution in [3.8, 4) is 27.6 Å². The third-order valence-electron chi connectivity index (χ3n) is 5.64. The van der Waals surface area contributed by atoms with Crippen LogP contribution >= 0.6 is 22.7 Å². The second kappa shape index (κ2) is 8.66. The maximum absolute atomic E-state index is 13.2. The van der Waals surface area contributed by atoms with E-state index in [0.29, 0.717) is 12.1 Å². The summed E-state index contributed by atoms with van der Waals surface area (Å²) in [6, 6.07) is 11.5. The number of sulfonamides is 1. The molecule has 0 radical (unpaired) electrons. The lowest BCUT2D eigenvalue weighted by atomic mass is 10.2. The van der Waals surface area contributed by atoms with E-state index in [0.717, 1.165) is 31.2 Å². The molecule has 36 heavy (non-hydrogen) atoms. The highest BCUT2D eigenvalue weighted by Gasteiger charge is 2.21. The van der Waals surface area contributed by atoms with E-state index in [2.05, 4.69) is 25.0 Å². The van der Waals surface area contributed by atoms with Crippen LogP contribution in [0.5, 0.6) is 5.88 Å². The van der Waals surface area contributed by atoms with Gasteiger partial charge >= 0.3 is 0 Å². The fourth-order valence-corrected chi connectivity index (χ4v) is 6.91. The molecule has 5 heterocycles. The summed E-state index contributed by atoms with van der Waals surface area (Å²) in [6.07, 6.45) is 3.15. The molecule has 8 bridgehead atoms. The number of thiophene rings is 2. The summed E-state index contributed by atoms with van der Waals surface area (Å²) in [5.74, 6) is -0.255. The molecule has 0 spiro atoms. The highest BCUT2D eigenvalue weighted by atomic mass is 32.2. The number of nitrogens with zero attached hydrogens (tertiary/aromatic N) is 3. The molecule has 0 aliphatic carbocycles. The van der Waals surface area contributed by atoms with Crippen molar-refractivity contribution >= 4 is 54.5 Å². The van der Waals surface area contributed by atoms with Gasteiger partial charge in [-0.3, -0.25) is 9.52 Å². The topological polar surface area (TPSA) is 123 Å². The van der Waals surface area contributed by atoms with Gasteiger partial charge < -0.3 is 10.1 Å². The van der Waals surface area contributed by atoms with Gasteiger partial charge in [0.05, 0.1) is 34.5 Å². The summed E-state index contributed by atoms with van der Waals surface area (Å²) in [5, 5.41) is 4.86. The second-order valence-corrected chi connectivity index (χ2v) is 11.7. The monoisotopic (exact) mass is 535 g/mol. The number of benzene rings is 1. The zero-order chi connectivity index (χ0) is 24.9. The lowest BCUT2D eigenvalue weighted by molar-refractivity contribution is 0.0951. The number of methoxy groups -OCH3 is 1. The van der Waals surface area contributed by atoms with Crippen LogP contribution in [0.25, 0.3) is 31.9 Å². The number of anilines is 1. The minimum atomic E-state index is -4.04. The summed E-state index contributed by atoms with van der Waals surface area (Å²) in [4.78, 5) is 27.8. The zero-order valence-corrected chi connectivity index (χ0v) is 21.1. The fraction of sp³-hybridized carbons (Fsp3) is 0.0833. The second-order valence-electron chi connectivity index (χ2n) is 7.95. The van der Waals surface area contributed by atoms with Gasteiger partial charge in [0, 0.05) is 38.0 Å². The number of hydrogen-bond donors (Lipinski definition) is 2. The third-order valence-corrected chi connectivity index (χ3v) is 9.12. The van der Waals surface area contributed by atoms with Crippen LogP contribution in [0.2, 0.25) is 0 Å². The molecule has 4 aromatic heterocycles. The molecule has 1 amide bonds. The Bertz CT molecular complexity index is 1760. The Labute approximate surface area is 213 Å². The molecule has 12 heteroatoms. The van der Waals surface area contributed by atoms with Crippen LogP contribution in [0.1, 0.15) is 15.2 Å². The Morgan fingerprint density at radius 2 is 1.92 bits per heavy atom. The quantitative estimate of drug-likeness (QED) is 0.323. The van der Waals surface area contributed by atoms with Gasteiger partial charge in [-0.2, -0.15) is 0 Å². The van der Waals surface area contributed by atoms with Crippen molar-refractivity contribution in [3.05, 3.63) is 70.8 Å². The van der Waals surface area contributed by atoms with E-state index in [1.807, 2.05) is 17.5 Å².